The molecule has 1 aliphatic heterocycles. The molecule has 130 valence electrons. The van der Waals surface area contributed by atoms with Crippen LogP contribution in [0.2, 0.25) is 0 Å². The minimum atomic E-state index is 0.153. The molecule has 24 heavy (non-hydrogen) atoms. The molecule has 0 aromatic carbocycles. The van der Waals surface area contributed by atoms with Crippen molar-refractivity contribution in [2.24, 2.45) is 0 Å². The lowest BCUT2D eigenvalue weighted by molar-refractivity contribution is -0.132. The van der Waals surface area contributed by atoms with Crippen LogP contribution in [0.15, 0.2) is 9.90 Å². The number of rotatable bonds is 5. The highest BCUT2D eigenvalue weighted by Gasteiger charge is 2.23. The van der Waals surface area contributed by atoms with E-state index in [4.69, 9.17) is 4.52 Å². The first kappa shape index (κ1) is 17.0. The van der Waals surface area contributed by atoms with Gasteiger partial charge in [-0.1, -0.05) is 19.0 Å². The fourth-order valence-corrected chi connectivity index (χ4v) is 3.28. The minimum absolute atomic E-state index is 0.153. The summed E-state index contributed by atoms with van der Waals surface area (Å²) < 4.78 is 5.29. The van der Waals surface area contributed by atoms with Crippen LogP contribution < -0.4 is 0 Å². The molecule has 2 aromatic rings. The Labute approximate surface area is 145 Å². The maximum atomic E-state index is 12.4. The first-order chi connectivity index (χ1) is 11.5. The van der Waals surface area contributed by atoms with Gasteiger partial charge in [0.15, 0.2) is 5.82 Å². The Morgan fingerprint density at radius 2 is 2.04 bits per heavy atom. The largest absolute Gasteiger partial charge is 0.340 e. The van der Waals surface area contributed by atoms with Gasteiger partial charge in [0.2, 0.25) is 11.8 Å². The molecule has 1 saturated heterocycles. The molecule has 1 amide bonds. The molecular formula is C16H23N5O2S. The Morgan fingerprint density at radius 1 is 1.29 bits per heavy atom. The summed E-state index contributed by atoms with van der Waals surface area (Å²) >= 11 is 1.59. The molecule has 1 aliphatic rings. The molecule has 0 N–H and O–H groups in total. The number of aromatic nitrogens is 3. The Bertz CT molecular complexity index is 688. The summed E-state index contributed by atoms with van der Waals surface area (Å²) in [4.78, 5) is 25.3. The van der Waals surface area contributed by atoms with E-state index in [-0.39, 0.29) is 11.8 Å². The topological polar surface area (TPSA) is 75.4 Å². The molecule has 3 rings (SSSR count). The Morgan fingerprint density at radius 3 is 2.62 bits per heavy atom. The van der Waals surface area contributed by atoms with Crippen LogP contribution in [0.4, 0.5) is 0 Å². The second kappa shape index (κ2) is 7.40. The first-order valence-corrected chi connectivity index (χ1v) is 9.13. The Hall–Kier alpha value is -1.80. The number of nitrogens with zero attached hydrogens (tertiary/aromatic N) is 5. The SMILES string of the molecule is Cc1nc(CC(=O)N2CCN(Cc3nc(C(C)C)no3)CC2)cs1. The molecule has 0 unspecified atom stereocenters. The van der Waals surface area contributed by atoms with Crippen LogP contribution in [0.25, 0.3) is 0 Å². The molecule has 7 nitrogen and oxygen atoms in total. The minimum Gasteiger partial charge on any atom is -0.340 e. The average molecular weight is 349 g/mol. The Kier molecular flexibility index (Phi) is 5.25. The smallest absolute Gasteiger partial charge is 0.240 e. The predicted octanol–water partition coefficient (Wildman–Crippen LogP) is 1.84. The number of aryl methyl sites for hydroxylation is 1. The van der Waals surface area contributed by atoms with Gasteiger partial charge >= 0.3 is 0 Å². The average Bonchev–Trinajstić information content (AvgIpc) is 3.17. The van der Waals surface area contributed by atoms with Gasteiger partial charge in [-0.25, -0.2) is 4.98 Å². The van der Waals surface area contributed by atoms with Crippen molar-refractivity contribution < 1.29 is 9.32 Å². The van der Waals surface area contributed by atoms with Gasteiger partial charge < -0.3 is 9.42 Å². The van der Waals surface area contributed by atoms with Crippen molar-refractivity contribution in [2.45, 2.75) is 39.7 Å². The van der Waals surface area contributed by atoms with Crippen LogP contribution in [-0.4, -0.2) is 57.0 Å². The van der Waals surface area contributed by atoms with E-state index in [1.54, 1.807) is 11.3 Å². The van der Waals surface area contributed by atoms with Crippen LogP contribution in [0, 0.1) is 6.92 Å². The summed E-state index contributed by atoms with van der Waals surface area (Å²) in [6, 6.07) is 0. The first-order valence-electron chi connectivity index (χ1n) is 8.25. The molecule has 0 aliphatic carbocycles. The molecular weight excluding hydrogens is 326 g/mol. The molecule has 0 atom stereocenters. The summed E-state index contributed by atoms with van der Waals surface area (Å²) in [5.74, 6) is 1.82. The van der Waals surface area contributed by atoms with Crippen LogP contribution in [0.5, 0.6) is 0 Å². The van der Waals surface area contributed by atoms with E-state index < -0.39 is 0 Å². The van der Waals surface area contributed by atoms with Gasteiger partial charge in [0, 0.05) is 37.5 Å². The second-order valence-electron chi connectivity index (χ2n) is 6.39. The van der Waals surface area contributed by atoms with Crippen LogP contribution in [0.1, 0.15) is 42.2 Å². The quantitative estimate of drug-likeness (QED) is 0.820. The zero-order valence-electron chi connectivity index (χ0n) is 14.4. The molecule has 2 aromatic heterocycles. The van der Waals surface area contributed by atoms with Gasteiger partial charge in [0.1, 0.15) is 0 Å². The van der Waals surface area contributed by atoms with Gasteiger partial charge in [0.25, 0.3) is 0 Å². The lowest BCUT2D eigenvalue weighted by atomic mass is 10.2. The van der Waals surface area contributed by atoms with Crippen LogP contribution in [-0.2, 0) is 17.8 Å². The van der Waals surface area contributed by atoms with E-state index in [1.807, 2.05) is 31.1 Å². The molecule has 1 fully saturated rings. The van der Waals surface area contributed by atoms with E-state index in [9.17, 15) is 4.79 Å². The fraction of sp³-hybridized carbons (Fsp3) is 0.625. The number of hydrogen-bond donors (Lipinski definition) is 0. The second-order valence-corrected chi connectivity index (χ2v) is 7.45. The highest BCUT2D eigenvalue weighted by molar-refractivity contribution is 7.09. The molecule has 0 radical (unpaired) electrons. The predicted molar refractivity (Wildman–Crippen MR) is 90.8 cm³/mol. The monoisotopic (exact) mass is 349 g/mol. The third kappa shape index (κ3) is 4.18. The van der Waals surface area contributed by atoms with E-state index in [0.29, 0.717) is 18.9 Å². The number of piperazine rings is 1. The highest BCUT2D eigenvalue weighted by atomic mass is 32.1. The van der Waals surface area contributed by atoms with Crippen molar-refractivity contribution >= 4 is 17.2 Å². The van der Waals surface area contributed by atoms with Gasteiger partial charge in [-0.2, -0.15) is 4.98 Å². The van der Waals surface area contributed by atoms with Crippen molar-refractivity contribution in [3.05, 3.63) is 27.8 Å². The summed E-state index contributed by atoms with van der Waals surface area (Å²) in [6.45, 7) is 9.79. The maximum Gasteiger partial charge on any atom is 0.240 e. The van der Waals surface area contributed by atoms with Crippen LogP contribution >= 0.6 is 11.3 Å². The third-order valence-corrected chi connectivity index (χ3v) is 4.91. The van der Waals surface area contributed by atoms with Crippen molar-refractivity contribution in [1.82, 2.24) is 24.9 Å². The number of carbonyl (C=O) groups is 1. The van der Waals surface area contributed by atoms with Crippen molar-refractivity contribution in [1.29, 1.82) is 0 Å². The highest BCUT2D eigenvalue weighted by Crippen LogP contribution is 2.14. The van der Waals surface area contributed by atoms with Crippen molar-refractivity contribution in [2.75, 3.05) is 26.2 Å². The van der Waals surface area contributed by atoms with Crippen molar-refractivity contribution in [3.8, 4) is 0 Å². The molecule has 0 spiro atoms. The number of carbonyl (C=O) groups excluding carboxylic acids is 1. The molecule has 0 saturated carbocycles. The van der Waals surface area contributed by atoms with Gasteiger partial charge in [-0.15, -0.1) is 11.3 Å². The molecule has 0 bridgehead atoms. The zero-order chi connectivity index (χ0) is 17.1. The van der Waals surface area contributed by atoms with E-state index in [0.717, 1.165) is 42.7 Å². The fourth-order valence-electron chi connectivity index (χ4n) is 2.67. The normalized spacial score (nSPS) is 16.1. The number of amides is 1. The molecule has 8 heteroatoms. The lowest BCUT2D eigenvalue weighted by Crippen LogP contribution is -2.48. The third-order valence-electron chi connectivity index (χ3n) is 4.08. The van der Waals surface area contributed by atoms with Crippen LogP contribution in [0.3, 0.4) is 0 Å². The Balaban J connectivity index is 1.47. The van der Waals surface area contributed by atoms with E-state index >= 15 is 0 Å². The maximum absolute atomic E-state index is 12.4. The van der Waals surface area contributed by atoms with Gasteiger partial charge in [-0.3, -0.25) is 9.69 Å². The number of hydrogen-bond acceptors (Lipinski definition) is 7. The summed E-state index contributed by atoms with van der Waals surface area (Å²) in [5.41, 5.74) is 0.872. The molecule has 3 heterocycles. The van der Waals surface area contributed by atoms with Crippen molar-refractivity contribution in [3.63, 3.8) is 0 Å². The zero-order valence-corrected chi connectivity index (χ0v) is 15.2. The number of thiazole rings is 1. The van der Waals surface area contributed by atoms with Gasteiger partial charge in [-0.05, 0) is 6.92 Å². The summed E-state index contributed by atoms with van der Waals surface area (Å²) in [6.07, 6.45) is 0.395. The standard InChI is InChI=1S/C16H23N5O2S/c1-11(2)16-18-14(23-19-16)9-20-4-6-21(7-5-20)15(22)8-13-10-24-12(3)17-13/h10-11H,4-9H2,1-3H3. The summed E-state index contributed by atoms with van der Waals surface area (Å²) in [5, 5.41) is 6.96. The van der Waals surface area contributed by atoms with E-state index in [1.165, 1.54) is 0 Å². The van der Waals surface area contributed by atoms with Gasteiger partial charge in [0.05, 0.1) is 23.7 Å². The summed E-state index contributed by atoms with van der Waals surface area (Å²) in [7, 11) is 0. The lowest BCUT2D eigenvalue weighted by Gasteiger charge is -2.33. The van der Waals surface area contributed by atoms with E-state index in [2.05, 4.69) is 20.0 Å².